The summed E-state index contributed by atoms with van der Waals surface area (Å²) in [4.78, 5) is 31.7. The number of nitrogens with zero attached hydrogens (tertiary/aromatic N) is 3. The average molecular weight is 389 g/mol. The molecule has 0 unspecified atom stereocenters. The van der Waals surface area contributed by atoms with Crippen molar-refractivity contribution in [1.29, 1.82) is 0 Å². The fraction of sp³-hybridized carbons (Fsp3) is 0.333. The maximum absolute atomic E-state index is 13.0. The van der Waals surface area contributed by atoms with Gasteiger partial charge in [-0.25, -0.2) is 4.98 Å². The van der Waals surface area contributed by atoms with Crippen LogP contribution in [0, 0.1) is 0 Å². The van der Waals surface area contributed by atoms with Crippen LogP contribution in [0.1, 0.15) is 31.7 Å². The van der Waals surface area contributed by atoms with Gasteiger partial charge in [-0.15, -0.1) is 0 Å². The monoisotopic (exact) mass is 388 g/mol. The molecule has 0 atom stereocenters. The van der Waals surface area contributed by atoms with Crippen LogP contribution >= 0.6 is 24.0 Å². The summed E-state index contributed by atoms with van der Waals surface area (Å²) in [6.07, 6.45) is 6.47. The second-order valence-corrected chi connectivity index (χ2v) is 7.66. The number of aromatic nitrogens is 2. The van der Waals surface area contributed by atoms with Crippen molar-refractivity contribution in [2.45, 2.75) is 26.2 Å². The molecular weight excluding hydrogens is 368 g/mol. The van der Waals surface area contributed by atoms with Gasteiger partial charge in [-0.05, 0) is 24.6 Å². The Morgan fingerprint density at radius 1 is 1.31 bits per heavy atom. The number of hydrogen-bond acceptors (Lipinski definition) is 6. The van der Waals surface area contributed by atoms with Crippen molar-refractivity contribution in [3.05, 3.63) is 45.2 Å². The molecule has 1 aliphatic rings. The van der Waals surface area contributed by atoms with E-state index >= 15 is 0 Å². The van der Waals surface area contributed by atoms with Gasteiger partial charge in [0.25, 0.3) is 11.5 Å². The van der Waals surface area contributed by atoms with E-state index in [9.17, 15) is 9.59 Å². The standard InChI is InChI=1S/C18H20N4O2S2/c1-3-4-6-9-19-15-12(11-13-17(24)21(2)18(25)26-13)16(23)22-10-7-5-8-14(22)20-15/h5,7-8,10-11,19H,3-4,6,9H2,1-2H3. The van der Waals surface area contributed by atoms with E-state index in [4.69, 9.17) is 12.2 Å². The van der Waals surface area contributed by atoms with Gasteiger partial charge in [0.05, 0.1) is 10.5 Å². The van der Waals surface area contributed by atoms with Crippen LogP contribution in [0.5, 0.6) is 0 Å². The van der Waals surface area contributed by atoms with Crippen LogP contribution in [0.3, 0.4) is 0 Å². The Bertz CT molecular complexity index is 952. The van der Waals surface area contributed by atoms with E-state index in [-0.39, 0.29) is 11.5 Å². The van der Waals surface area contributed by atoms with Crippen LogP contribution in [0.4, 0.5) is 5.82 Å². The minimum atomic E-state index is -0.213. The van der Waals surface area contributed by atoms with E-state index in [1.54, 1.807) is 31.5 Å². The lowest BCUT2D eigenvalue weighted by Gasteiger charge is -2.11. The third-order valence-corrected chi connectivity index (χ3v) is 5.59. The number of rotatable bonds is 6. The van der Waals surface area contributed by atoms with Crippen LogP contribution in [-0.4, -0.2) is 38.1 Å². The first-order valence-corrected chi connectivity index (χ1v) is 9.72. The smallest absolute Gasteiger partial charge is 0.267 e. The molecule has 6 nitrogen and oxygen atoms in total. The topological polar surface area (TPSA) is 66.7 Å². The molecule has 0 saturated carbocycles. The molecule has 1 saturated heterocycles. The van der Waals surface area contributed by atoms with Crippen molar-refractivity contribution in [2.75, 3.05) is 18.9 Å². The molecule has 1 amide bonds. The first-order chi connectivity index (χ1) is 12.5. The van der Waals surface area contributed by atoms with Gasteiger partial charge < -0.3 is 5.32 Å². The van der Waals surface area contributed by atoms with Crippen LogP contribution in [0.25, 0.3) is 11.7 Å². The molecule has 1 fully saturated rings. The van der Waals surface area contributed by atoms with Gasteiger partial charge in [-0.2, -0.15) is 0 Å². The minimum absolute atomic E-state index is 0.200. The van der Waals surface area contributed by atoms with E-state index in [1.807, 2.05) is 6.07 Å². The molecular formula is C18H20N4O2S2. The van der Waals surface area contributed by atoms with Crippen LogP contribution in [0.15, 0.2) is 34.1 Å². The summed E-state index contributed by atoms with van der Waals surface area (Å²) in [6, 6.07) is 5.40. The lowest BCUT2D eigenvalue weighted by Crippen LogP contribution is -2.23. The highest BCUT2D eigenvalue weighted by atomic mass is 32.2. The number of hydrogen-bond donors (Lipinski definition) is 1. The average Bonchev–Trinajstić information content (AvgIpc) is 2.88. The maximum atomic E-state index is 13.0. The number of thioether (sulfide) groups is 1. The number of unbranched alkanes of at least 4 members (excludes halogenated alkanes) is 2. The van der Waals surface area contributed by atoms with Crippen molar-refractivity contribution in [3.63, 3.8) is 0 Å². The van der Waals surface area contributed by atoms with E-state index < -0.39 is 0 Å². The quantitative estimate of drug-likeness (QED) is 0.466. The van der Waals surface area contributed by atoms with Gasteiger partial charge >= 0.3 is 0 Å². The molecule has 3 rings (SSSR count). The highest BCUT2D eigenvalue weighted by Crippen LogP contribution is 2.31. The fourth-order valence-corrected chi connectivity index (χ4v) is 3.79. The van der Waals surface area contributed by atoms with Crippen molar-refractivity contribution in [2.24, 2.45) is 0 Å². The van der Waals surface area contributed by atoms with E-state index in [2.05, 4.69) is 17.2 Å². The molecule has 136 valence electrons. The highest BCUT2D eigenvalue weighted by Gasteiger charge is 2.29. The predicted molar refractivity (Wildman–Crippen MR) is 110 cm³/mol. The number of fused-ring (bicyclic) bond motifs is 1. The zero-order valence-electron chi connectivity index (χ0n) is 14.7. The first-order valence-electron chi connectivity index (χ1n) is 8.49. The second-order valence-electron chi connectivity index (χ2n) is 5.98. The Morgan fingerprint density at radius 3 is 2.81 bits per heavy atom. The number of thiocarbonyl (C=S) groups is 1. The Labute approximate surface area is 161 Å². The summed E-state index contributed by atoms with van der Waals surface area (Å²) in [5, 5.41) is 3.26. The molecule has 0 aliphatic carbocycles. The zero-order valence-corrected chi connectivity index (χ0v) is 16.3. The summed E-state index contributed by atoms with van der Waals surface area (Å²) in [5.74, 6) is 0.299. The third kappa shape index (κ3) is 3.66. The third-order valence-electron chi connectivity index (χ3n) is 4.10. The zero-order chi connectivity index (χ0) is 18.7. The van der Waals surface area contributed by atoms with Crippen molar-refractivity contribution in [1.82, 2.24) is 14.3 Å². The van der Waals surface area contributed by atoms with Crippen LogP contribution in [-0.2, 0) is 4.79 Å². The minimum Gasteiger partial charge on any atom is -0.369 e. The molecule has 2 aromatic heterocycles. The summed E-state index contributed by atoms with van der Waals surface area (Å²) in [5.41, 5.74) is 0.727. The number of anilines is 1. The number of amides is 1. The number of nitrogens with one attached hydrogen (secondary N) is 1. The highest BCUT2D eigenvalue weighted by molar-refractivity contribution is 8.26. The van der Waals surface area contributed by atoms with Gasteiger partial charge in [-0.1, -0.05) is 49.8 Å². The summed E-state index contributed by atoms with van der Waals surface area (Å²) >= 11 is 6.36. The molecule has 8 heteroatoms. The van der Waals surface area contributed by atoms with Gasteiger partial charge in [0.2, 0.25) is 0 Å². The molecule has 2 aromatic rings. The molecule has 0 aromatic carbocycles. The van der Waals surface area contributed by atoms with E-state index in [1.165, 1.54) is 21.1 Å². The Balaban J connectivity index is 2.06. The Morgan fingerprint density at radius 2 is 2.12 bits per heavy atom. The van der Waals surface area contributed by atoms with Crippen LogP contribution in [0.2, 0.25) is 0 Å². The number of pyridine rings is 1. The lowest BCUT2D eigenvalue weighted by molar-refractivity contribution is -0.121. The van der Waals surface area contributed by atoms with Gasteiger partial charge in [-0.3, -0.25) is 18.9 Å². The molecule has 1 N–H and O–H groups in total. The van der Waals surface area contributed by atoms with E-state index in [0.29, 0.717) is 26.3 Å². The summed E-state index contributed by atoms with van der Waals surface area (Å²) in [7, 11) is 1.63. The van der Waals surface area contributed by atoms with Crippen molar-refractivity contribution >= 4 is 51.7 Å². The van der Waals surface area contributed by atoms with Crippen molar-refractivity contribution in [3.8, 4) is 0 Å². The molecule has 1 aliphatic heterocycles. The van der Waals surface area contributed by atoms with Crippen molar-refractivity contribution < 1.29 is 4.79 Å². The summed E-state index contributed by atoms with van der Waals surface area (Å²) in [6.45, 7) is 2.86. The van der Waals surface area contributed by atoms with Gasteiger partial charge in [0.1, 0.15) is 15.8 Å². The first kappa shape index (κ1) is 18.6. The Kier molecular flexibility index (Phi) is 5.73. The van der Waals surface area contributed by atoms with Gasteiger partial charge in [0, 0.05) is 19.8 Å². The SMILES string of the molecule is CCCCCNc1nc2ccccn2c(=O)c1C=C1SC(=S)N(C)C1=O. The molecule has 0 radical (unpaired) electrons. The predicted octanol–water partition coefficient (Wildman–Crippen LogP) is 3.13. The lowest BCUT2D eigenvalue weighted by atomic mass is 10.2. The van der Waals surface area contributed by atoms with E-state index in [0.717, 1.165) is 25.8 Å². The molecule has 0 bridgehead atoms. The fourth-order valence-electron chi connectivity index (χ4n) is 2.63. The number of likely N-dealkylation sites (N-methyl/N-ethyl adjacent to an activating group) is 1. The van der Waals surface area contributed by atoms with Crippen LogP contribution < -0.4 is 10.9 Å². The largest absolute Gasteiger partial charge is 0.369 e. The number of carbonyl (C=O) groups excluding carboxylic acids is 1. The van der Waals surface area contributed by atoms with Gasteiger partial charge in [0.15, 0.2) is 0 Å². The summed E-state index contributed by atoms with van der Waals surface area (Å²) < 4.78 is 1.96. The molecule has 3 heterocycles. The molecule has 26 heavy (non-hydrogen) atoms. The Hall–Kier alpha value is -2.19. The number of carbonyl (C=O) groups is 1. The maximum Gasteiger partial charge on any atom is 0.267 e. The molecule has 0 spiro atoms. The normalized spacial score (nSPS) is 16.1. The second kappa shape index (κ2) is 8.01.